The van der Waals surface area contributed by atoms with Crippen molar-refractivity contribution in [2.75, 3.05) is 0 Å². The lowest BCUT2D eigenvalue weighted by atomic mass is 9.80. The lowest BCUT2D eigenvalue weighted by molar-refractivity contribution is -0.145. The van der Waals surface area contributed by atoms with Gasteiger partial charge in [0.2, 0.25) is 11.8 Å². The van der Waals surface area contributed by atoms with E-state index in [9.17, 15) is 9.59 Å². The number of hydrogen-bond donors (Lipinski definition) is 0. The van der Waals surface area contributed by atoms with E-state index in [1.165, 1.54) is 0 Å². The molecule has 1 aliphatic carbocycles. The first-order chi connectivity index (χ1) is 11.1. The van der Waals surface area contributed by atoms with Crippen LogP contribution < -0.4 is 0 Å². The average molecular weight is 339 g/mol. The molecule has 4 nitrogen and oxygen atoms in total. The second kappa shape index (κ2) is 8.87. The largest absolute Gasteiger partial charge is 0.338 e. The molecular weight excluding hydrogens is 300 g/mol. The van der Waals surface area contributed by atoms with Crippen LogP contribution in [0.5, 0.6) is 0 Å². The highest BCUT2D eigenvalue weighted by Crippen LogP contribution is 2.32. The zero-order chi connectivity index (χ0) is 18.6. The van der Waals surface area contributed by atoms with Crippen molar-refractivity contribution in [1.82, 2.24) is 9.80 Å². The van der Waals surface area contributed by atoms with Crippen molar-refractivity contribution in [3.8, 4) is 0 Å². The van der Waals surface area contributed by atoms with E-state index in [0.29, 0.717) is 0 Å². The van der Waals surface area contributed by atoms with Gasteiger partial charge < -0.3 is 9.80 Å². The maximum absolute atomic E-state index is 12.8. The van der Waals surface area contributed by atoms with Crippen molar-refractivity contribution < 1.29 is 9.59 Å². The highest BCUT2D eigenvalue weighted by Gasteiger charge is 2.36. The normalized spacial score (nSPS) is 21.7. The van der Waals surface area contributed by atoms with Crippen LogP contribution in [0.4, 0.5) is 0 Å². The molecule has 0 unspecified atom stereocenters. The average Bonchev–Trinajstić information content (AvgIpc) is 2.45. The second-order valence-corrected chi connectivity index (χ2v) is 8.41. The Kier molecular flexibility index (Phi) is 7.75. The number of rotatable bonds is 6. The number of hydrogen-bond acceptors (Lipinski definition) is 2. The van der Waals surface area contributed by atoms with Crippen LogP contribution in [0.15, 0.2) is 0 Å². The van der Waals surface area contributed by atoms with Crippen molar-refractivity contribution in [2.24, 2.45) is 11.8 Å². The quantitative estimate of drug-likeness (QED) is 0.732. The summed E-state index contributed by atoms with van der Waals surface area (Å²) in [5, 5.41) is 0. The van der Waals surface area contributed by atoms with Crippen molar-refractivity contribution in [3.05, 3.63) is 0 Å². The summed E-state index contributed by atoms with van der Waals surface area (Å²) >= 11 is 0. The van der Waals surface area contributed by atoms with Crippen molar-refractivity contribution in [1.29, 1.82) is 0 Å². The molecule has 1 aliphatic rings. The summed E-state index contributed by atoms with van der Waals surface area (Å²) in [4.78, 5) is 29.7. The van der Waals surface area contributed by atoms with Crippen LogP contribution in [-0.4, -0.2) is 45.8 Å². The lowest BCUT2D eigenvalue weighted by Crippen LogP contribution is -2.48. The number of carbonyl (C=O) groups is 2. The van der Waals surface area contributed by atoms with Gasteiger partial charge in [0.05, 0.1) is 0 Å². The predicted octanol–water partition coefficient (Wildman–Crippen LogP) is 4.08. The third-order valence-corrected chi connectivity index (χ3v) is 5.16. The summed E-state index contributed by atoms with van der Waals surface area (Å²) in [6.45, 7) is 16.6. The van der Waals surface area contributed by atoms with Crippen molar-refractivity contribution in [3.63, 3.8) is 0 Å². The van der Waals surface area contributed by atoms with Gasteiger partial charge in [-0.25, -0.2) is 0 Å². The molecule has 0 bridgehead atoms. The SMILES string of the molecule is CC(C)N(C(=O)C1CCC(C(=O)N(C(C)C)C(C)C)CC1)C(C)C. The summed E-state index contributed by atoms with van der Waals surface area (Å²) in [7, 11) is 0. The van der Waals surface area contributed by atoms with Gasteiger partial charge in [0.15, 0.2) is 0 Å². The third kappa shape index (κ3) is 4.97. The van der Waals surface area contributed by atoms with Crippen LogP contribution in [0.1, 0.15) is 81.1 Å². The first-order valence-corrected chi connectivity index (χ1v) is 9.72. The van der Waals surface area contributed by atoms with E-state index in [1.54, 1.807) is 0 Å². The Balaban J connectivity index is 2.69. The summed E-state index contributed by atoms with van der Waals surface area (Å²) in [6.07, 6.45) is 3.37. The van der Waals surface area contributed by atoms with Gasteiger partial charge in [-0.15, -0.1) is 0 Å². The van der Waals surface area contributed by atoms with Gasteiger partial charge >= 0.3 is 0 Å². The Morgan fingerprint density at radius 2 is 0.792 bits per heavy atom. The number of nitrogens with zero attached hydrogens (tertiary/aromatic N) is 2. The Morgan fingerprint density at radius 1 is 0.583 bits per heavy atom. The fraction of sp³-hybridized carbons (Fsp3) is 0.900. The van der Waals surface area contributed by atoms with Crippen LogP contribution in [0.25, 0.3) is 0 Å². The topological polar surface area (TPSA) is 40.6 Å². The monoisotopic (exact) mass is 338 g/mol. The van der Waals surface area contributed by atoms with E-state index in [4.69, 9.17) is 0 Å². The Bertz CT molecular complexity index is 365. The fourth-order valence-corrected chi connectivity index (χ4v) is 4.22. The standard InChI is InChI=1S/C20H38N2O2/c1-13(2)21(14(3)4)19(23)17-9-11-18(12-10-17)20(24)22(15(5)6)16(7)8/h13-18H,9-12H2,1-8H3. The second-order valence-electron chi connectivity index (χ2n) is 8.41. The van der Waals surface area contributed by atoms with Crippen LogP contribution in [0, 0.1) is 11.8 Å². The lowest BCUT2D eigenvalue weighted by Gasteiger charge is -2.38. The minimum absolute atomic E-state index is 0.0883. The minimum Gasteiger partial charge on any atom is -0.338 e. The molecule has 1 rings (SSSR count). The van der Waals surface area contributed by atoms with Gasteiger partial charge in [0.25, 0.3) is 0 Å². The van der Waals surface area contributed by atoms with E-state index in [-0.39, 0.29) is 47.8 Å². The predicted molar refractivity (Wildman–Crippen MR) is 99.7 cm³/mol. The van der Waals surface area contributed by atoms with Crippen LogP contribution >= 0.6 is 0 Å². The van der Waals surface area contributed by atoms with Gasteiger partial charge in [0.1, 0.15) is 0 Å². The highest BCUT2D eigenvalue weighted by atomic mass is 16.2. The molecule has 1 saturated carbocycles. The van der Waals surface area contributed by atoms with E-state index < -0.39 is 0 Å². The summed E-state index contributed by atoms with van der Waals surface area (Å²) < 4.78 is 0. The Labute approximate surface area is 149 Å². The van der Waals surface area contributed by atoms with Crippen LogP contribution in [0.2, 0.25) is 0 Å². The zero-order valence-electron chi connectivity index (χ0n) is 17.0. The molecule has 0 atom stereocenters. The molecule has 4 heteroatoms. The molecule has 0 aliphatic heterocycles. The van der Waals surface area contributed by atoms with Gasteiger partial charge in [0, 0.05) is 36.0 Å². The molecule has 0 saturated heterocycles. The van der Waals surface area contributed by atoms with Gasteiger partial charge in [-0.05, 0) is 81.1 Å². The first kappa shape index (κ1) is 21.0. The molecule has 0 spiro atoms. The molecule has 0 N–H and O–H groups in total. The molecule has 0 radical (unpaired) electrons. The molecule has 2 amide bonds. The first-order valence-electron chi connectivity index (χ1n) is 9.72. The summed E-state index contributed by atoms with van der Waals surface area (Å²) in [6, 6.07) is 0.923. The molecular formula is C20H38N2O2. The highest BCUT2D eigenvalue weighted by molar-refractivity contribution is 5.82. The van der Waals surface area contributed by atoms with Gasteiger partial charge in [-0.1, -0.05) is 0 Å². The molecule has 0 aromatic rings. The smallest absolute Gasteiger partial charge is 0.226 e. The Hall–Kier alpha value is -1.06. The summed E-state index contributed by atoms with van der Waals surface area (Å²) in [5.74, 6) is 0.724. The van der Waals surface area contributed by atoms with Crippen molar-refractivity contribution >= 4 is 11.8 Å². The van der Waals surface area contributed by atoms with E-state index in [2.05, 4.69) is 55.4 Å². The van der Waals surface area contributed by atoms with E-state index >= 15 is 0 Å². The maximum atomic E-state index is 12.8. The Morgan fingerprint density at radius 3 is 0.958 bits per heavy atom. The molecule has 0 heterocycles. The van der Waals surface area contributed by atoms with Gasteiger partial charge in [-0.3, -0.25) is 9.59 Å². The molecule has 140 valence electrons. The summed E-state index contributed by atoms with van der Waals surface area (Å²) in [5.41, 5.74) is 0. The minimum atomic E-state index is 0.0883. The third-order valence-electron chi connectivity index (χ3n) is 5.16. The number of carbonyl (C=O) groups excluding carboxylic acids is 2. The molecule has 0 aromatic heterocycles. The molecule has 24 heavy (non-hydrogen) atoms. The maximum Gasteiger partial charge on any atom is 0.226 e. The fourth-order valence-electron chi connectivity index (χ4n) is 4.22. The number of amides is 2. The van der Waals surface area contributed by atoms with E-state index in [0.717, 1.165) is 25.7 Å². The van der Waals surface area contributed by atoms with Crippen LogP contribution in [-0.2, 0) is 9.59 Å². The zero-order valence-corrected chi connectivity index (χ0v) is 17.0. The molecule has 0 aromatic carbocycles. The van der Waals surface area contributed by atoms with Crippen molar-refractivity contribution in [2.45, 2.75) is 105 Å². The molecule has 1 fully saturated rings. The van der Waals surface area contributed by atoms with E-state index in [1.807, 2.05) is 9.80 Å². The van der Waals surface area contributed by atoms with Gasteiger partial charge in [-0.2, -0.15) is 0 Å². The van der Waals surface area contributed by atoms with Crippen LogP contribution in [0.3, 0.4) is 0 Å².